The molecule has 100 valence electrons. The lowest BCUT2D eigenvalue weighted by atomic mass is 9.89. The van der Waals surface area contributed by atoms with Gasteiger partial charge in [-0.15, -0.1) is 0 Å². The van der Waals surface area contributed by atoms with Gasteiger partial charge in [0.05, 0.1) is 13.7 Å². The molecule has 1 atom stereocenters. The van der Waals surface area contributed by atoms with Crippen LogP contribution in [-0.2, 0) is 0 Å². The van der Waals surface area contributed by atoms with Crippen LogP contribution in [0.1, 0.15) is 24.4 Å². The first-order valence-electron chi connectivity index (χ1n) is 6.15. The highest BCUT2D eigenvalue weighted by Crippen LogP contribution is 2.56. The molecule has 18 heavy (non-hydrogen) atoms. The number of nitrogens with zero attached hydrogens (tertiary/aromatic N) is 1. The number of halogens is 1. The largest absolute Gasteiger partial charge is 0.494 e. The maximum Gasteiger partial charge on any atom is 0.165 e. The molecule has 4 heteroatoms. The fourth-order valence-corrected chi connectivity index (χ4v) is 2.73. The molecule has 1 fully saturated rings. The van der Waals surface area contributed by atoms with Crippen molar-refractivity contribution < 1.29 is 14.2 Å². The van der Waals surface area contributed by atoms with E-state index in [9.17, 15) is 9.50 Å². The number of aliphatic hydroxyl groups excluding tert-OH is 1. The van der Waals surface area contributed by atoms with Crippen LogP contribution < -0.4 is 4.74 Å². The Morgan fingerprint density at radius 3 is 2.50 bits per heavy atom. The van der Waals surface area contributed by atoms with Gasteiger partial charge in [-0.2, -0.15) is 0 Å². The summed E-state index contributed by atoms with van der Waals surface area (Å²) in [4.78, 5) is 2.05. The van der Waals surface area contributed by atoms with E-state index >= 15 is 0 Å². The first-order chi connectivity index (χ1) is 8.54. The van der Waals surface area contributed by atoms with Crippen molar-refractivity contribution in [3.63, 3.8) is 0 Å². The molecule has 0 heterocycles. The van der Waals surface area contributed by atoms with Gasteiger partial charge in [-0.3, -0.25) is 0 Å². The lowest BCUT2D eigenvalue weighted by molar-refractivity contribution is 0.115. The summed E-state index contributed by atoms with van der Waals surface area (Å²) in [5.41, 5.74) is 0.787. The average Bonchev–Trinajstić information content (AvgIpc) is 3.10. The first-order valence-corrected chi connectivity index (χ1v) is 6.15. The third-order valence-corrected chi connectivity index (χ3v) is 3.80. The third-order valence-electron chi connectivity index (χ3n) is 3.80. The minimum absolute atomic E-state index is 0.0444. The quantitative estimate of drug-likeness (QED) is 0.873. The van der Waals surface area contributed by atoms with Gasteiger partial charge in [-0.25, -0.2) is 4.39 Å². The minimum atomic E-state index is -0.351. The van der Waals surface area contributed by atoms with E-state index in [1.54, 1.807) is 6.07 Å². The predicted molar refractivity (Wildman–Crippen MR) is 68.1 cm³/mol. The first kappa shape index (κ1) is 13.3. The summed E-state index contributed by atoms with van der Waals surface area (Å²) in [5.74, 6) is -0.0966. The fraction of sp³-hybridized carbons (Fsp3) is 0.571. The molecule has 1 aromatic carbocycles. The van der Waals surface area contributed by atoms with Gasteiger partial charge in [0.2, 0.25) is 0 Å². The predicted octanol–water partition coefficient (Wildman–Crippen LogP) is 2.21. The smallest absolute Gasteiger partial charge is 0.165 e. The van der Waals surface area contributed by atoms with Crippen LogP contribution in [-0.4, -0.2) is 37.8 Å². The molecular weight excluding hydrogens is 233 g/mol. The summed E-state index contributed by atoms with van der Waals surface area (Å²) in [6.45, 7) is 0.142. The van der Waals surface area contributed by atoms with Gasteiger partial charge >= 0.3 is 0 Å². The van der Waals surface area contributed by atoms with Crippen LogP contribution >= 0.6 is 0 Å². The monoisotopic (exact) mass is 253 g/mol. The molecule has 1 aromatic rings. The number of hydrogen-bond donors (Lipinski definition) is 1. The molecule has 0 spiro atoms. The molecule has 0 amide bonds. The van der Waals surface area contributed by atoms with E-state index < -0.39 is 0 Å². The van der Waals surface area contributed by atoms with Crippen LogP contribution in [0.25, 0.3) is 0 Å². The number of hydrogen-bond acceptors (Lipinski definition) is 3. The van der Waals surface area contributed by atoms with Crippen molar-refractivity contribution in [2.24, 2.45) is 5.41 Å². The molecule has 3 nitrogen and oxygen atoms in total. The zero-order valence-corrected chi connectivity index (χ0v) is 11.1. The highest BCUT2D eigenvalue weighted by molar-refractivity contribution is 5.33. The summed E-state index contributed by atoms with van der Waals surface area (Å²) in [7, 11) is 5.38. The van der Waals surface area contributed by atoms with Crippen molar-refractivity contribution in [2.45, 2.75) is 18.9 Å². The van der Waals surface area contributed by atoms with Gasteiger partial charge in [0, 0.05) is 11.5 Å². The Bertz CT molecular complexity index is 430. The van der Waals surface area contributed by atoms with Crippen LogP contribution in [0.3, 0.4) is 0 Å². The van der Waals surface area contributed by atoms with Gasteiger partial charge in [0.1, 0.15) is 0 Å². The van der Waals surface area contributed by atoms with Crippen molar-refractivity contribution in [1.29, 1.82) is 0 Å². The number of rotatable bonds is 5. The Morgan fingerprint density at radius 1 is 1.44 bits per heavy atom. The molecule has 1 saturated carbocycles. The van der Waals surface area contributed by atoms with E-state index in [1.165, 1.54) is 13.2 Å². The van der Waals surface area contributed by atoms with Gasteiger partial charge in [-0.1, -0.05) is 6.07 Å². The third kappa shape index (κ3) is 2.22. The molecule has 0 bridgehead atoms. The topological polar surface area (TPSA) is 32.7 Å². The highest BCUT2D eigenvalue weighted by Gasteiger charge is 2.50. The van der Waals surface area contributed by atoms with Crippen molar-refractivity contribution in [3.05, 3.63) is 29.6 Å². The summed E-state index contributed by atoms with van der Waals surface area (Å²) >= 11 is 0. The van der Waals surface area contributed by atoms with Gasteiger partial charge in [-0.05, 0) is 44.6 Å². The number of aliphatic hydroxyl groups is 1. The molecule has 0 aliphatic heterocycles. The second-order valence-electron chi connectivity index (χ2n) is 5.28. The summed E-state index contributed by atoms with van der Waals surface area (Å²) in [6.07, 6.45) is 1.97. The second-order valence-corrected chi connectivity index (χ2v) is 5.28. The summed E-state index contributed by atoms with van der Waals surface area (Å²) < 4.78 is 18.7. The maximum absolute atomic E-state index is 13.8. The summed E-state index contributed by atoms with van der Waals surface area (Å²) in [5, 5.41) is 9.56. The number of methoxy groups -OCH3 is 1. The minimum Gasteiger partial charge on any atom is -0.494 e. The molecule has 1 N–H and O–H groups in total. The van der Waals surface area contributed by atoms with Crippen LogP contribution in [0.4, 0.5) is 4.39 Å². The van der Waals surface area contributed by atoms with E-state index in [0.29, 0.717) is 0 Å². The van der Waals surface area contributed by atoms with E-state index in [4.69, 9.17) is 4.74 Å². The van der Waals surface area contributed by atoms with E-state index in [2.05, 4.69) is 0 Å². The van der Waals surface area contributed by atoms with Crippen LogP contribution in [0.2, 0.25) is 0 Å². The average molecular weight is 253 g/mol. The Morgan fingerprint density at radius 2 is 2.11 bits per heavy atom. The Hall–Kier alpha value is -1.13. The normalized spacial score (nSPS) is 18.8. The lowest BCUT2D eigenvalue weighted by Crippen LogP contribution is -2.31. The Balaban J connectivity index is 2.35. The molecule has 1 unspecified atom stereocenters. The van der Waals surface area contributed by atoms with Crippen LogP contribution in [0.5, 0.6) is 5.75 Å². The van der Waals surface area contributed by atoms with Crippen molar-refractivity contribution in [2.75, 3.05) is 27.8 Å². The summed E-state index contributed by atoms with van der Waals surface area (Å²) in [6, 6.07) is 5.08. The van der Waals surface area contributed by atoms with Gasteiger partial charge in [0.15, 0.2) is 11.6 Å². The lowest BCUT2D eigenvalue weighted by Gasteiger charge is -2.32. The zero-order chi connectivity index (χ0) is 13.3. The van der Waals surface area contributed by atoms with Gasteiger partial charge < -0.3 is 14.7 Å². The van der Waals surface area contributed by atoms with Gasteiger partial charge in [0.25, 0.3) is 0 Å². The van der Waals surface area contributed by atoms with Crippen molar-refractivity contribution in [3.8, 4) is 5.75 Å². The molecule has 0 saturated heterocycles. The van der Waals surface area contributed by atoms with E-state index in [1.807, 2.05) is 25.1 Å². The Labute approximate surface area is 107 Å². The van der Waals surface area contributed by atoms with E-state index in [0.717, 1.165) is 18.4 Å². The van der Waals surface area contributed by atoms with Crippen LogP contribution in [0.15, 0.2) is 18.2 Å². The number of benzene rings is 1. The maximum atomic E-state index is 13.8. The van der Waals surface area contributed by atoms with Crippen molar-refractivity contribution >= 4 is 0 Å². The number of ether oxygens (including phenoxy) is 1. The SMILES string of the molecule is COc1ccc(C(N(C)C)C2(CO)CC2)cc1F. The Kier molecular flexibility index (Phi) is 3.59. The molecule has 2 rings (SSSR count). The zero-order valence-electron chi connectivity index (χ0n) is 11.1. The molecule has 0 aromatic heterocycles. The molecule has 1 aliphatic rings. The van der Waals surface area contributed by atoms with E-state index in [-0.39, 0.29) is 29.6 Å². The van der Waals surface area contributed by atoms with Crippen LogP contribution in [0, 0.1) is 11.2 Å². The van der Waals surface area contributed by atoms with Crippen molar-refractivity contribution in [1.82, 2.24) is 4.90 Å². The molecular formula is C14H20FNO2. The second kappa shape index (κ2) is 4.86. The molecule has 0 radical (unpaired) electrons. The standard InChI is InChI=1S/C14H20FNO2/c1-16(2)13(14(9-17)6-7-14)10-4-5-12(18-3)11(15)8-10/h4-5,8,13,17H,6-7,9H2,1-3H3. The highest BCUT2D eigenvalue weighted by atomic mass is 19.1. The fourth-order valence-electron chi connectivity index (χ4n) is 2.73. The molecule has 1 aliphatic carbocycles.